The van der Waals surface area contributed by atoms with Crippen LogP contribution in [0.1, 0.15) is 25.8 Å². The molecule has 28 heavy (non-hydrogen) atoms. The molecule has 0 bridgehead atoms. The number of hydrogen-bond acceptors (Lipinski definition) is 3. The molecular formula is C21H23Cl2NO4. The third kappa shape index (κ3) is 6.51. The Kier molecular flexibility index (Phi) is 7.87. The number of halogens is 2. The predicted octanol–water partition coefficient (Wildman–Crippen LogP) is 4.75. The topological polar surface area (TPSA) is 86.6 Å². The second-order valence-electron chi connectivity index (χ2n) is 7.14. The molecule has 0 spiro atoms. The molecule has 0 aliphatic heterocycles. The molecule has 7 heteroatoms. The summed E-state index contributed by atoms with van der Waals surface area (Å²) in [6.45, 7) is 3.79. The van der Waals surface area contributed by atoms with Crippen molar-refractivity contribution < 1.29 is 19.8 Å². The summed E-state index contributed by atoms with van der Waals surface area (Å²) in [7, 11) is 0. The summed E-state index contributed by atoms with van der Waals surface area (Å²) in [6, 6.07) is 10.7. The van der Waals surface area contributed by atoms with Crippen molar-refractivity contribution in [1.29, 1.82) is 0 Å². The average molecular weight is 424 g/mol. The average Bonchev–Trinajstić information content (AvgIpc) is 2.59. The van der Waals surface area contributed by atoms with Crippen molar-refractivity contribution in [3.8, 4) is 11.1 Å². The van der Waals surface area contributed by atoms with Gasteiger partial charge in [-0.25, -0.2) is 0 Å². The number of aliphatic carboxylic acids is 2. The Bertz CT molecular complexity index is 817. The van der Waals surface area contributed by atoms with Gasteiger partial charge in [0.25, 0.3) is 0 Å². The Hall–Kier alpha value is -2.08. The van der Waals surface area contributed by atoms with Crippen molar-refractivity contribution >= 4 is 35.1 Å². The van der Waals surface area contributed by atoms with Gasteiger partial charge in [0.15, 0.2) is 0 Å². The Morgan fingerprint density at radius 2 is 1.43 bits per heavy atom. The number of carboxylic acid groups (broad SMARTS) is 2. The highest BCUT2D eigenvalue weighted by Gasteiger charge is 2.26. The van der Waals surface area contributed by atoms with E-state index >= 15 is 0 Å². The van der Waals surface area contributed by atoms with Gasteiger partial charge in [-0.05, 0) is 53.6 Å². The number of benzene rings is 2. The molecule has 2 rings (SSSR count). The summed E-state index contributed by atoms with van der Waals surface area (Å²) in [5.74, 6) is -2.00. The molecule has 0 aliphatic carbocycles. The largest absolute Gasteiger partial charge is 0.480 e. The summed E-state index contributed by atoms with van der Waals surface area (Å²) < 4.78 is 0. The van der Waals surface area contributed by atoms with Crippen molar-refractivity contribution in [2.45, 2.75) is 38.8 Å². The number of carbonyl (C=O) groups is 2. The number of nitrogens with one attached hydrogen (secondary N) is 1. The standard InChI is InChI=1S/C21H23Cl2NO4/c1-12(2)7-18(20(25)26)24-19(21(27)28)8-13-3-5-14(6-4-13)15-9-16(22)11-17(23)10-15/h3-6,9-12,18-19,24H,7-8H2,1-2H3,(H,25,26)(H,27,28). The maximum Gasteiger partial charge on any atom is 0.321 e. The maximum atomic E-state index is 11.6. The fourth-order valence-corrected chi connectivity index (χ4v) is 3.49. The first-order valence-electron chi connectivity index (χ1n) is 8.92. The van der Waals surface area contributed by atoms with E-state index in [1.54, 1.807) is 18.2 Å². The first kappa shape index (κ1) is 22.2. The van der Waals surface area contributed by atoms with Gasteiger partial charge in [-0.3, -0.25) is 14.9 Å². The highest BCUT2D eigenvalue weighted by atomic mass is 35.5. The molecular weight excluding hydrogens is 401 g/mol. The van der Waals surface area contributed by atoms with Crippen molar-refractivity contribution in [3.63, 3.8) is 0 Å². The van der Waals surface area contributed by atoms with Crippen LogP contribution in [0.3, 0.4) is 0 Å². The summed E-state index contributed by atoms with van der Waals surface area (Å²) in [6.07, 6.45) is 0.529. The molecule has 2 unspecified atom stereocenters. The van der Waals surface area contributed by atoms with Crippen LogP contribution in [0.5, 0.6) is 0 Å². The highest BCUT2D eigenvalue weighted by molar-refractivity contribution is 6.35. The first-order valence-corrected chi connectivity index (χ1v) is 9.68. The number of hydrogen-bond donors (Lipinski definition) is 3. The fourth-order valence-electron chi connectivity index (χ4n) is 2.96. The second-order valence-corrected chi connectivity index (χ2v) is 8.01. The molecule has 2 atom stereocenters. The van der Waals surface area contributed by atoms with Crippen LogP contribution < -0.4 is 5.32 Å². The van der Waals surface area contributed by atoms with Gasteiger partial charge in [0.1, 0.15) is 12.1 Å². The van der Waals surface area contributed by atoms with Crippen LogP contribution >= 0.6 is 23.2 Å². The molecule has 3 N–H and O–H groups in total. The van der Waals surface area contributed by atoms with Crippen LogP contribution in [0, 0.1) is 5.92 Å². The monoisotopic (exact) mass is 423 g/mol. The van der Waals surface area contributed by atoms with E-state index < -0.39 is 24.0 Å². The van der Waals surface area contributed by atoms with E-state index in [0.717, 1.165) is 16.7 Å². The molecule has 0 radical (unpaired) electrons. The van der Waals surface area contributed by atoms with Gasteiger partial charge in [-0.2, -0.15) is 0 Å². The lowest BCUT2D eigenvalue weighted by atomic mass is 9.98. The smallest absolute Gasteiger partial charge is 0.321 e. The summed E-state index contributed by atoms with van der Waals surface area (Å²) in [4.78, 5) is 23.1. The highest BCUT2D eigenvalue weighted by Crippen LogP contribution is 2.27. The summed E-state index contributed by atoms with van der Waals surface area (Å²) >= 11 is 12.1. The maximum absolute atomic E-state index is 11.6. The third-order valence-corrected chi connectivity index (χ3v) is 4.73. The number of rotatable bonds is 9. The van der Waals surface area contributed by atoms with Crippen molar-refractivity contribution in [2.24, 2.45) is 5.92 Å². The lowest BCUT2D eigenvalue weighted by Gasteiger charge is -2.22. The van der Waals surface area contributed by atoms with E-state index in [9.17, 15) is 19.8 Å². The van der Waals surface area contributed by atoms with Crippen molar-refractivity contribution in [3.05, 3.63) is 58.1 Å². The normalized spacial score (nSPS) is 13.3. The third-order valence-electron chi connectivity index (χ3n) is 4.30. The zero-order chi connectivity index (χ0) is 20.8. The fraction of sp³-hybridized carbons (Fsp3) is 0.333. The van der Waals surface area contributed by atoms with Gasteiger partial charge < -0.3 is 10.2 Å². The van der Waals surface area contributed by atoms with Gasteiger partial charge in [0, 0.05) is 10.0 Å². The molecule has 0 saturated carbocycles. The molecule has 0 aromatic heterocycles. The van der Waals surface area contributed by atoms with Crippen molar-refractivity contribution in [1.82, 2.24) is 5.32 Å². The molecule has 2 aromatic carbocycles. The van der Waals surface area contributed by atoms with Gasteiger partial charge in [-0.1, -0.05) is 61.3 Å². The van der Waals surface area contributed by atoms with Crippen LogP contribution in [0.4, 0.5) is 0 Å². The van der Waals surface area contributed by atoms with Gasteiger partial charge in [-0.15, -0.1) is 0 Å². The zero-order valence-electron chi connectivity index (χ0n) is 15.7. The summed E-state index contributed by atoms with van der Waals surface area (Å²) in [5.41, 5.74) is 2.54. The lowest BCUT2D eigenvalue weighted by molar-refractivity contribution is -0.142. The van der Waals surface area contributed by atoms with E-state index in [0.29, 0.717) is 16.5 Å². The van der Waals surface area contributed by atoms with Crippen LogP contribution in [0.2, 0.25) is 10.0 Å². The molecule has 150 valence electrons. The van der Waals surface area contributed by atoms with Crippen molar-refractivity contribution in [2.75, 3.05) is 0 Å². The molecule has 5 nitrogen and oxygen atoms in total. The molecule has 0 heterocycles. The molecule has 0 amide bonds. The van der Waals surface area contributed by atoms with Crippen LogP contribution in [-0.4, -0.2) is 34.2 Å². The molecule has 0 aliphatic rings. The Balaban J connectivity index is 2.15. The Labute approximate surface area is 174 Å². The van der Waals surface area contributed by atoms with Gasteiger partial charge >= 0.3 is 11.9 Å². The molecule has 0 fully saturated rings. The molecule has 2 aromatic rings. The van der Waals surface area contributed by atoms with E-state index in [4.69, 9.17) is 23.2 Å². The van der Waals surface area contributed by atoms with E-state index in [-0.39, 0.29) is 12.3 Å². The van der Waals surface area contributed by atoms with E-state index in [1.165, 1.54) is 0 Å². The lowest BCUT2D eigenvalue weighted by Crippen LogP contribution is -2.48. The van der Waals surface area contributed by atoms with Crippen LogP contribution in [0.15, 0.2) is 42.5 Å². The van der Waals surface area contributed by atoms with E-state index in [2.05, 4.69) is 5.32 Å². The number of carboxylic acids is 2. The van der Waals surface area contributed by atoms with Gasteiger partial charge in [0.05, 0.1) is 0 Å². The second kappa shape index (κ2) is 9.92. The minimum atomic E-state index is -1.08. The first-order chi connectivity index (χ1) is 13.2. The molecule has 0 saturated heterocycles. The minimum Gasteiger partial charge on any atom is -0.480 e. The predicted molar refractivity (Wildman–Crippen MR) is 111 cm³/mol. The minimum absolute atomic E-state index is 0.131. The van der Waals surface area contributed by atoms with Crippen LogP contribution in [-0.2, 0) is 16.0 Å². The SMILES string of the molecule is CC(C)CC(NC(Cc1ccc(-c2cc(Cl)cc(Cl)c2)cc1)C(=O)O)C(=O)O. The quantitative estimate of drug-likeness (QED) is 0.541. The van der Waals surface area contributed by atoms with E-state index in [1.807, 2.05) is 38.1 Å². The summed E-state index contributed by atoms with van der Waals surface area (Å²) in [5, 5.41) is 22.7. The zero-order valence-corrected chi connectivity index (χ0v) is 17.2. The Morgan fingerprint density at radius 3 is 1.89 bits per heavy atom. The van der Waals surface area contributed by atoms with Crippen LogP contribution in [0.25, 0.3) is 11.1 Å². The Morgan fingerprint density at radius 1 is 0.893 bits per heavy atom. The van der Waals surface area contributed by atoms with Gasteiger partial charge in [0.2, 0.25) is 0 Å².